The number of likely N-dealkylation sites (tertiary alicyclic amines) is 1. The van der Waals surface area contributed by atoms with Crippen LogP contribution >= 0.6 is 0 Å². The summed E-state index contributed by atoms with van der Waals surface area (Å²) in [4.78, 5) is 79.4. The van der Waals surface area contributed by atoms with Gasteiger partial charge in [-0.05, 0) is 59.7 Å². The van der Waals surface area contributed by atoms with Gasteiger partial charge < -0.3 is 36.1 Å². The van der Waals surface area contributed by atoms with E-state index in [2.05, 4.69) is 16.0 Å². The van der Waals surface area contributed by atoms with Crippen molar-refractivity contribution in [2.24, 2.45) is 46.2 Å². The number of carbonyl (C=O) groups excluding carboxylic acids is 6. The number of hydrogen-bond acceptors (Lipinski definition) is 8. The number of nitrogens with two attached hydrogens (primary N) is 1. The maximum absolute atomic E-state index is 14.2. The Hall–Kier alpha value is -3.38. The van der Waals surface area contributed by atoms with Crippen molar-refractivity contribution in [1.29, 1.82) is 0 Å². The number of urea groups is 1. The molecule has 0 aromatic heterocycles. The Labute approximate surface area is 271 Å². The summed E-state index contributed by atoms with van der Waals surface area (Å²) in [6, 6.07) is -4.07. The van der Waals surface area contributed by atoms with Gasteiger partial charge in [-0.15, -0.1) is 0 Å². The number of piperidine rings is 1. The molecule has 1 heterocycles. The first-order chi connectivity index (χ1) is 21.4. The van der Waals surface area contributed by atoms with Crippen molar-refractivity contribution < 1.29 is 38.2 Å². The molecule has 4 aliphatic rings. The number of nitrogens with one attached hydrogen (secondary N) is 3. The molecule has 6 atom stereocenters. The van der Waals surface area contributed by atoms with E-state index in [9.17, 15) is 28.8 Å². The van der Waals surface area contributed by atoms with Crippen LogP contribution in [0, 0.1) is 40.4 Å². The lowest BCUT2D eigenvalue weighted by molar-refractivity contribution is -0.145. The molecule has 0 bridgehead atoms. The fraction of sp³-hybridized carbons (Fsp3) is 0.818. The molecule has 5 amide bonds. The van der Waals surface area contributed by atoms with Gasteiger partial charge in [-0.3, -0.25) is 19.2 Å². The molecule has 0 aromatic carbocycles. The molecule has 5 N–H and O–H groups in total. The highest BCUT2D eigenvalue weighted by Gasteiger charge is 2.70. The summed E-state index contributed by atoms with van der Waals surface area (Å²) in [5.74, 6) is -2.39. The van der Waals surface area contributed by atoms with Crippen LogP contribution < -0.4 is 21.7 Å². The number of fused-ring (bicyclic) bond motifs is 1. The van der Waals surface area contributed by atoms with Crippen molar-refractivity contribution >= 4 is 35.7 Å². The topological polar surface area (TPSA) is 186 Å². The molecule has 3 aliphatic carbocycles. The highest BCUT2D eigenvalue weighted by Crippen LogP contribution is 2.65. The molecular weight excluding hydrogens is 594 g/mol. The van der Waals surface area contributed by atoms with E-state index in [1.165, 1.54) is 4.90 Å². The van der Waals surface area contributed by atoms with Crippen molar-refractivity contribution in [2.75, 3.05) is 19.8 Å². The average Bonchev–Trinajstić information content (AvgIpc) is 3.80. The van der Waals surface area contributed by atoms with Gasteiger partial charge in [-0.25, -0.2) is 9.59 Å². The summed E-state index contributed by atoms with van der Waals surface area (Å²) in [5.41, 5.74) is 4.40. The van der Waals surface area contributed by atoms with Crippen LogP contribution in [0.1, 0.15) is 87.0 Å². The number of ketones is 1. The first-order valence-corrected chi connectivity index (χ1v) is 16.7. The second-order valence-corrected chi connectivity index (χ2v) is 15.8. The number of Topliss-reactive ketones (excluding diaryl/α,β-unsaturated/α-hetero) is 1. The minimum Gasteiger partial charge on any atom is -0.434 e. The Morgan fingerprint density at radius 2 is 1.59 bits per heavy atom. The fourth-order valence-electron chi connectivity index (χ4n) is 6.76. The van der Waals surface area contributed by atoms with Crippen LogP contribution in [0.2, 0.25) is 0 Å². The summed E-state index contributed by atoms with van der Waals surface area (Å²) in [5, 5.41) is 8.43. The molecule has 0 spiro atoms. The number of carbonyl (C=O) groups is 6. The third-order valence-corrected chi connectivity index (χ3v) is 10.5. The third kappa shape index (κ3) is 8.31. The van der Waals surface area contributed by atoms with Gasteiger partial charge in [0.1, 0.15) is 18.7 Å². The summed E-state index contributed by atoms with van der Waals surface area (Å²) in [6.45, 7) is 13.9. The van der Waals surface area contributed by atoms with Gasteiger partial charge in [0.25, 0.3) is 5.91 Å². The predicted octanol–water partition coefficient (Wildman–Crippen LogP) is 2.50. The van der Waals surface area contributed by atoms with E-state index in [0.29, 0.717) is 25.5 Å². The quantitative estimate of drug-likeness (QED) is 0.164. The molecule has 13 nitrogen and oxygen atoms in total. The number of amides is 5. The smallest absolute Gasteiger partial charge is 0.434 e. The monoisotopic (exact) mass is 647 g/mol. The lowest BCUT2D eigenvalue weighted by Gasteiger charge is -2.38. The lowest BCUT2D eigenvalue weighted by Crippen LogP contribution is -2.62. The lowest BCUT2D eigenvalue weighted by atomic mass is 9.80. The Balaban J connectivity index is 1.44. The normalized spacial score (nSPS) is 25.3. The van der Waals surface area contributed by atoms with Crippen LogP contribution in [0.4, 0.5) is 9.59 Å². The van der Waals surface area contributed by atoms with Crippen molar-refractivity contribution in [3.05, 3.63) is 0 Å². The fourth-order valence-corrected chi connectivity index (χ4v) is 6.76. The largest absolute Gasteiger partial charge is 0.508 e. The molecule has 4 rings (SSSR count). The zero-order chi connectivity index (χ0) is 34.1. The predicted molar refractivity (Wildman–Crippen MR) is 168 cm³/mol. The molecule has 1 aliphatic heterocycles. The van der Waals surface area contributed by atoms with Crippen LogP contribution in [0.15, 0.2) is 0 Å². The Morgan fingerprint density at radius 3 is 2.11 bits per heavy atom. The van der Waals surface area contributed by atoms with Crippen molar-refractivity contribution in [1.82, 2.24) is 20.9 Å². The number of nitrogens with zero attached hydrogens (tertiary/aromatic N) is 1. The van der Waals surface area contributed by atoms with Gasteiger partial charge in [0.15, 0.2) is 0 Å². The Kier molecular flexibility index (Phi) is 10.6. The molecule has 1 unspecified atom stereocenters. The van der Waals surface area contributed by atoms with E-state index >= 15 is 0 Å². The molecule has 3 saturated carbocycles. The zero-order valence-electron chi connectivity index (χ0n) is 28.4. The van der Waals surface area contributed by atoms with Gasteiger partial charge >= 0.3 is 12.2 Å². The molecule has 0 aromatic rings. The number of ether oxygens (including phenoxy) is 2. The van der Waals surface area contributed by atoms with E-state index in [0.717, 1.165) is 32.1 Å². The van der Waals surface area contributed by atoms with Gasteiger partial charge in [-0.1, -0.05) is 67.7 Å². The molecule has 258 valence electrons. The molecule has 0 radical (unpaired) electrons. The maximum atomic E-state index is 14.2. The van der Waals surface area contributed by atoms with Crippen LogP contribution in [0.5, 0.6) is 0 Å². The van der Waals surface area contributed by atoms with Crippen LogP contribution in [0.25, 0.3) is 0 Å². The molecular formula is C33H53N5O8. The number of rotatable bonds is 14. The standard InChI is InChI=1S/C33H53N5O8/c1-17(2)22(16-46-31(44)45-15-19-11-12-19)36-30(43)37-26(32(3,4)5)29(42)38-14-20-23(33(20,6)7)24(38)28(41)35-21(25(39)27(34)40)13-18-9-8-10-18/h17-24,26H,8-16H2,1-7H3,(H2,34,40)(H,35,41)(H2,36,37,43)/t20-,21?,22+,23-,24-,26+/m0/s1. The van der Waals surface area contributed by atoms with E-state index in [1.54, 1.807) is 0 Å². The summed E-state index contributed by atoms with van der Waals surface area (Å²) >= 11 is 0. The summed E-state index contributed by atoms with van der Waals surface area (Å²) in [6.07, 6.45) is 4.49. The Morgan fingerprint density at radius 1 is 0.935 bits per heavy atom. The van der Waals surface area contributed by atoms with Crippen LogP contribution in [0.3, 0.4) is 0 Å². The average molecular weight is 648 g/mol. The molecule has 46 heavy (non-hydrogen) atoms. The van der Waals surface area contributed by atoms with Gasteiger partial charge in [0.2, 0.25) is 17.6 Å². The molecule has 4 fully saturated rings. The minimum absolute atomic E-state index is 0.0701. The molecule has 13 heteroatoms. The van der Waals surface area contributed by atoms with E-state index < -0.39 is 65.3 Å². The van der Waals surface area contributed by atoms with Crippen LogP contribution in [-0.2, 0) is 28.7 Å². The molecule has 1 saturated heterocycles. The van der Waals surface area contributed by atoms with Crippen molar-refractivity contribution in [2.45, 2.75) is 111 Å². The van der Waals surface area contributed by atoms with E-state index in [4.69, 9.17) is 15.2 Å². The highest BCUT2D eigenvalue weighted by atomic mass is 16.7. The van der Waals surface area contributed by atoms with Crippen molar-refractivity contribution in [3.8, 4) is 0 Å². The van der Waals surface area contributed by atoms with Crippen molar-refractivity contribution in [3.63, 3.8) is 0 Å². The number of hydrogen-bond donors (Lipinski definition) is 4. The second-order valence-electron chi connectivity index (χ2n) is 15.8. The summed E-state index contributed by atoms with van der Waals surface area (Å²) < 4.78 is 10.4. The third-order valence-electron chi connectivity index (χ3n) is 10.5. The first kappa shape index (κ1) is 35.5. The highest BCUT2D eigenvalue weighted by molar-refractivity contribution is 6.37. The maximum Gasteiger partial charge on any atom is 0.508 e. The SMILES string of the molecule is CC(C)[C@@H](COC(=O)OCC1CC1)NC(=O)N[C@H](C(=O)N1C[C@H]2[C@@H]([C@H]1C(=O)NC(CC1CCC1)C(=O)C(N)=O)C2(C)C)C(C)(C)C. The first-order valence-electron chi connectivity index (χ1n) is 16.7. The van der Waals surface area contributed by atoms with Crippen LogP contribution in [-0.4, -0.2) is 84.5 Å². The number of primary amides is 1. The van der Waals surface area contributed by atoms with Gasteiger partial charge in [-0.2, -0.15) is 0 Å². The summed E-state index contributed by atoms with van der Waals surface area (Å²) in [7, 11) is 0. The van der Waals surface area contributed by atoms with E-state index in [-0.39, 0.29) is 35.7 Å². The second kappa shape index (κ2) is 13.8. The van der Waals surface area contributed by atoms with Gasteiger partial charge in [0.05, 0.1) is 18.7 Å². The van der Waals surface area contributed by atoms with Gasteiger partial charge in [0, 0.05) is 6.54 Å². The van der Waals surface area contributed by atoms with E-state index in [1.807, 2.05) is 48.5 Å². The minimum atomic E-state index is -1.10. The Bertz CT molecular complexity index is 1200. The zero-order valence-corrected chi connectivity index (χ0v) is 28.4.